The summed E-state index contributed by atoms with van der Waals surface area (Å²) in [5.41, 5.74) is 11.6. The zero-order valence-electron chi connectivity index (χ0n) is 9.80. The zero-order chi connectivity index (χ0) is 11.4. The summed E-state index contributed by atoms with van der Waals surface area (Å²) in [4.78, 5) is 0. The molecular formula is C14H19N. The molecule has 0 unspecified atom stereocenters. The number of benzene rings is 1. The molecule has 0 spiro atoms. The Morgan fingerprint density at radius 1 is 1.20 bits per heavy atom. The molecule has 0 heterocycles. The van der Waals surface area contributed by atoms with E-state index in [9.17, 15) is 0 Å². The number of rotatable bonds is 0. The Labute approximate surface area is 92.3 Å². The van der Waals surface area contributed by atoms with E-state index >= 15 is 0 Å². The minimum Gasteiger partial charge on any atom is -0.398 e. The molecule has 0 saturated carbocycles. The summed E-state index contributed by atoms with van der Waals surface area (Å²) in [6, 6.07) is 4.06. The molecule has 0 radical (unpaired) electrons. The number of fused-ring (bicyclic) bond motifs is 1. The number of hydrogen-bond donors (Lipinski definition) is 1. The number of anilines is 1. The highest BCUT2D eigenvalue weighted by atomic mass is 14.6. The van der Waals surface area contributed by atoms with Crippen molar-refractivity contribution in [3.05, 3.63) is 47.1 Å². The Morgan fingerprint density at radius 3 is 2.53 bits per heavy atom. The van der Waals surface area contributed by atoms with Crippen LogP contribution in [-0.2, 0) is 6.42 Å². The fraction of sp³-hybridized carbons (Fsp3) is 0.286. The van der Waals surface area contributed by atoms with Crippen LogP contribution in [-0.4, -0.2) is 0 Å². The molecule has 0 aromatic heterocycles. The molecule has 1 aromatic rings. The largest absolute Gasteiger partial charge is 0.398 e. The first kappa shape index (κ1) is 11.6. The van der Waals surface area contributed by atoms with E-state index in [0.29, 0.717) is 0 Å². The van der Waals surface area contributed by atoms with Crippen molar-refractivity contribution in [2.45, 2.75) is 27.2 Å². The lowest BCUT2D eigenvalue weighted by molar-refractivity contribution is 1.17. The lowest BCUT2D eigenvalue weighted by Gasteiger charge is -2.15. The van der Waals surface area contributed by atoms with E-state index in [2.05, 4.69) is 31.7 Å². The van der Waals surface area contributed by atoms with Crippen LogP contribution in [0.3, 0.4) is 0 Å². The molecule has 80 valence electrons. The highest BCUT2D eigenvalue weighted by Crippen LogP contribution is 2.27. The summed E-state index contributed by atoms with van der Waals surface area (Å²) in [6.07, 6.45) is 5.12. The Kier molecular flexibility index (Phi) is 3.73. The Bertz CT molecular complexity index is 400. The highest BCUT2D eigenvalue weighted by molar-refractivity contribution is 5.69. The Hall–Kier alpha value is -1.50. The van der Waals surface area contributed by atoms with E-state index in [1.54, 1.807) is 0 Å². The van der Waals surface area contributed by atoms with Gasteiger partial charge in [0, 0.05) is 5.69 Å². The van der Waals surface area contributed by atoms with Crippen molar-refractivity contribution in [2.75, 3.05) is 5.73 Å². The third kappa shape index (κ3) is 2.30. The van der Waals surface area contributed by atoms with Gasteiger partial charge in [-0.25, -0.2) is 0 Å². The minimum atomic E-state index is 0.871. The van der Waals surface area contributed by atoms with Gasteiger partial charge in [0.2, 0.25) is 0 Å². The molecular weight excluding hydrogens is 182 g/mol. The normalized spacial score (nSPS) is 12.9. The van der Waals surface area contributed by atoms with Crippen LogP contribution >= 0.6 is 0 Å². The first-order valence-electron chi connectivity index (χ1n) is 5.42. The number of allylic oxidation sites excluding steroid dienone is 2. The summed E-state index contributed by atoms with van der Waals surface area (Å²) in [6.45, 7) is 10.0. The van der Waals surface area contributed by atoms with Gasteiger partial charge in [-0.05, 0) is 36.1 Å². The van der Waals surface area contributed by atoms with Gasteiger partial charge in [0.25, 0.3) is 0 Å². The molecule has 0 atom stereocenters. The first-order chi connectivity index (χ1) is 7.18. The Morgan fingerprint density at radius 2 is 1.87 bits per heavy atom. The lowest BCUT2D eigenvalue weighted by Crippen LogP contribution is -2.01. The first-order valence-corrected chi connectivity index (χ1v) is 5.42. The fourth-order valence-electron chi connectivity index (χ4n) is 1.69. The van der Waals surface area contributed by atoms with Crippen LogP contribution in [0.2, 0.25) is 0 Å². The van der Waals surface area contributed by atoms with Gasteiger partial charge >= 0.3 is 0 Å². The van der Waals surface area contributed by atoms with Crippen molar-refractivity contribution in [2.24, 2.45) is 0 Å². The quantitative estimate of drug-likeness (QED) is 0.636. The summed E-state index contributed by atoms with van der Waals surface area (Å²) in [7, 11) is 0. The summed E-state index contributed by atoms with van der Waals surface area (Å²) in [5, 5.41) is 0. The minimum absolute atomic E-state index is 0.871. The van der Waals surface area contributed by atoms with Crippen molar-refractivity contribution in [3.8, 4) is 0 Å². The smallest absolute Gasteiger partial charge is 0.0349 e. The highest BCUT2D eigenvalue weighted by Gasteiger charge is 2.09. The van der Waals surface area contributed by atoms with Gasteiger partial charge in [-0.3, -0.25) is 0 Å². The topological polar surface area (TPSA) is 26.0 Å². The standard InChI is InChI=1S/C12H13N.C2H6/c1-8-3-5-11-9(2)12(13)6-4-10(11)7-8;1-2/h3-6H,1,7,13H2,2H3;1-2H3. The van der Waals surface area contributed by atoms with Gasteiger partial charge in [0.05, 0.1) is 0 Å². The lowest BCUT2D eigenvalue weighted by atomic mass is 9.91. The monoisotopic (exact) mass is 201 g/mol. The maximum atomic E-state index is 5.82. The average Bonchev–Trinajstić information content (AvgIpc) is 2.26. The zero-order valence-corrected chi connectivity index (χ0v) is 9.80. The molecule has 0 bridgehead atoms. The Balaban J connectivity index is 0.000000531. The molecule has 0 aliphatic heterocycles. The second kappa shape index (κ2) is 4.83. The van der Waals surface area contributed by atoms with Gasteiger partial charge in [-0.2, -0.15) is 0 Å². The van der Waals surface area contributed by atoms with Crippen molar-refractivity contribution < 1.29 is 0 Å². The van der Waals surface area contributed by atoms with Crippen molar-refractivity contribution in [1.29, 1.82) is 0 Å². The van der Waals surface area contributed by atoms with Crippen LogP contribution in [0.25, 0.3) is 6.08 Å². The molecule has 1 aliphatic rings. The molecule has 2 rings (SSSR count). The molecule has 2 N–H and O–H groups in total. The second-order valence-corrected chi connectivity index (χ2v) is 3.52. The van der Waals surface area contributed by atoms with Crippen molar-refractivity contribution >= 4 is 11.8 Å². The van der Waals surface area contributed by atoms with E-state index in [1.165, 1.54) is 16.7 Å². The summed E-state index contributed by atoms with van der Waals surface area (Å²) < 4.78 is 0. The molecule has 1 heteroatoms. The van der Waals surface area contributed by atoms with E-state index in [-0.39, 0.29) is 0 Å². The molecule has 0 saturated heterocycles. The molecule has 1 aromatic carbocycles. The van der Waals surface area contributed by atoms with Gasteiger partial charge in [-0.1, -0.05) is 44.2 Å². The van der Waals surface area contributed by atoms with Gasteiger partial charge in [0.1, 0.15) is 0 Å². The predicted molar refractivity (Wildman–Crippen MR) is 68.8 cm³/mol. The summed E-state index contributed by atoms with van der Waals surface area (Å²) in [5.74, 6) is 0. The SMILES string of the molecule is C=C1C=Cc2c(ccc(N)c2C)C1.CC. The molecule has 1 aliphatic carbocycles. The maximum absolute atomic E-state index is 5.82. The van der Waals surface area contributed by atoms with Gasteiger partial charge in [0.15, 0.2) is 0 Å². The van der Waals surface area contributed by atoms with E-state index in [4.69, 9.17) is 5.73 Å². The van der Waals surface area contributed by atoms with Crippen LogP contribution in [0, 0.1) is 6.92 Å². The average molecular weight is 201 g/mol. The van der Waals surface area contributed by atoms with Crippen molar-refractivity contribution in [1.82, 2.24) is 0 Å². The van der Waals surface area contributed by atoms with Crippen LogP contribution in [0.15, 0.2) is 30.4 Å². The molecule has 0 amide bonds. The third-order valence-electron chi connectivity index (χ3n) is 2.55. The van der Waals surface area contributed by atoms with Crippen LogP contribution in [0.4, 0.5) is 5.69 Å². The number of nitrogen functional groups attached to an aromatic ring is 1. The molecule has 0 fully saturated rings. The van der Waals surface area contributed by atoms with E-state index < -0.39 is 0 Å². The van der Waals surface area contributed by atoms with E-state index in [1.807, 2.05) is 19.9 Å². The maximum Gasteiger partial charge on any atom is 0.0349 e. The van der Waals surface area contributed by atoms with Crippen LogP contribution in [0.1, 0.15) is 30.5 Å². The number of hydrogen-bond acceptors (Lipinski definition) is 1. The van der Waals surface area contributed by atoms with Crippen molar-refractivity contribution in [3.63, 3.8) is 0 Å². The fourth-order valence-corrected chi connectivity index (χ4v) is 1.69. The molecule has 1 nitrogen and oxygen atoms in total. The van der Waals surface area contributed by atoms with E-state index in [0.717, 1.165) is 17.7 Å². The molecule has 15 heavy (non-hydrogen) atoms. The predicted octanol–water partition coefficient (Wildman–Crippen LogP) is 3.73. The van der Waals surface area contributed by atoms with Gasteiger partial charge < -0.3 is 5.73 Å². The third-order valence-corrected chi connectivity index (χ3v) is 2.55. The van der Waals surface area contributed by atoms with Crippen LogP contribution in [0.5, 0.6) is 0 Å². The van der Waals surface area contributed by atoms with Crippen LogP contribution < -0.4 is 5.73 Å². The second-order valence-electron chi connectivity index (χ2n) is 3.52. The van der Waals surface area contributed by atoms with Gasteiger partial charge in [-0.15, -0.1) is 0 Å². The number of nitrogens with two attached hydrogens (primary N) is 1. The summed E-state index contributed by atoms with van der Waals surface area (Å²) >= 11 is 0.